The average molecular weight is 170 g/mol. The Morgan fingerprint density at radius 2 is 2.36 bits per heavy atom. The fourth-order valence-corrected chi connectivity index (χ4v) is 2.20. The minimum absolute atomic E-state index is 0.0287. The molecule has 60 valence electrons. The third-order valence-electron chi connectivity index (χ3n) is 2.51. The van der Waals surface area contributed by atoms with E-state index in [9.17, 15) is 4.79 Å². The Hall–Kier alpha value is 0.0249. The first-order chi connectivity index (χ1) is 5.16. The van der Waals surface area contributed by atoms with Crippen LogP contribution in [0.2, 0.25) is 6.32 Å². The summed E-state index contributed by atoms with van der Waals surface area (Å²) in [5.41, 5.74) is 0. The van der Waals surface area contributed by atoms with Crippen molar-refractivity contribution in [1.29, 1.82) is 0 Å². The van der Waals surface area contributed by atoms with E-state index in [2.05, 4.69) is 0 Å². The van der Waals surface area contributed by atoms with Gasteiger partial charge in [0.2, 0.25) is 0 Å². The molecule has 0 saturated heterocycles. The topological polar surface area (TPSA) is 17.1 Å². The Bertz CT molecular complexity index is 160. The van der Waals surface area contributed by atoms with Crippen LogP contribution in [0.4, 0.5) is 0 Å². The van der Waals surface area contributed by atoms with Crippen molar-refractivity contribution in [2.24, 2.45) is 11.8 Å². The minimum Gasteiger partial charge on any atom is -0.299 e. The van der Waals surface area contributed by atoms with E-state index >= 15 is 0 Å². The Morgan fingerprint density at radius 3 is 2.73 bits per heavy atom. The highest BCUT2D eigenvalue weighted by molar-refractivity contribution is 6.23. The maximum absolute atomic E-state index is 11.1. The number of hydrogen-bond donors (Lipinski definition) is 0. The standard InChI is InChI=1S/C8H12BClO/c1-5-6(2-3-9)7(10)4-8(5)11/h5-7H,2-4H2,1H3. The molecule has 0 aromatic heterocycles. The lowest BCUT2D eigenvalue weighted by Crippen LogP contribution is -2.14. The lowest BCUT2D eigenvalue weighted by atomic mass is 9.87. The second-order valence-corrected chi connectivity index (χ2v) is 3.78. The lowest BCUT2D eigenvalue weighted by molar-refractivity contribution is -0.120. The molecule has 0 bridgehead atoms. The van der Waals surface area contributed by atoms with E-state index in [1.807, 2.05) is 6.92 Å². The first kappa shape index (κ1) is 9.12. The number of carbonyl (C=O) groups excluding carboxylic acids is 1. The summed E-state index contributed by atoms with van der Waals surface area (Å²) in [4.78, 5) is 11.1. The SMILES string of the molecule is [B]CCC1C(Cl)CC(=O)C1C. The van der Waals surface area contributed by atoms with Gasteiger partial charge in [-0.25, -0.2) is 0 Å². The molecule has 1 fully saturated rings. The van der Waals surface area contributed by atoms with E-state index < -0.39 is 0 Å². The number of hydrogen-bond acceptors (Lipinski definition) is 1. The number of Topliss-reactive ketones (excluding diaryl/α,β-unsaturated/α-hetero) is 1. The summed E-state index contributed by atoms with van der Waals surface area (Å²) < 4.78 is 0. The van der Waals surface area contributed by atoms with Crippen molar-refractivity contribution >= 4 is 25.2 Å². The molecule has 1 saturated carbocycles. The summed E-state index contributed by atoms with van der Waals surface area (Å²) in [7, 11) is 5.41. The lowest BCUT2D eigenvalue weighted by Gasteiger charge is -2.15. The van der Waals surface area contributed by atoms with Gasteiger partial charge < -0.3 is 0 Å². The summed E-state index contributed by atoms with van der Waals surface area (Å²) >= 11 is 5.97. The molecular formula is C8H12BClO. The third kappa shape index (κ3) is 1.78. The first-order valence-electron chi connectivity index (χ1n) is 4.03. The van der Waals surface area contributed by atoms with E-state index in [0.29, 0.717) is 24.4 Å². The summed E-state index contributed by atoms with van der Waals surface area (Å²) in [6.07, 6.45) is 2.04. The highest BCUT2D eigenvalue weighted by Crippen LogP contribution is 2.35. The van der Waals surface area contributed by atoms with Gasteiger partial charge in [-0.05, 0) is 5.92 Å². The highest BCUT2D eigenvalue weighted by Gasteiger charge is 2.37. The van der Waals surface area contributed by atoms with E-state index in [1.165, 1.54) is 0 Å². The van der Waals surface area contributed by atoms with Gasteiger partial charge in [-0.1, -0.05) is 19.7 Å². The molecule has 3 heteroatoms. The molecule has 1 aliphatic rings. The second kappa shape index (κ2) is 3.62. The van der Waals surface area contributed by atoms with Gasteiger partial charge in [-0.3, -0.25) is 4.79 Å². The van der Waals surface area contributed by atoms with E-state index in [0.717, 1.165) is 6.42 Å². The van der Waals surface area contributed by atoms with Crippen LogP contribution >= 0.6 is 11.6 Å². The van der Waals surface area contributed by atoms with Crippen molar-refractivity contribution in [2.75, 3.05) is 0 Å². The largest absolute Gasteiger partial charge is 0.299 e. The molecule has 0 aromatic carbocycles. The van der Waals surface area contributed by atoms with Crippen LogP contribution in [-0.2, 0) is 4.79 Å². The molecule has 1 rings (SSSR count). The van der Waals surface area contributed by atoms with Gasteiger partial charge in [0.1, 0.15) is 5.78 Å². The summed E-state index contributed by atoms with van der Waals surface area (Å²) in [5.74, 6) is 0.735. The maximum atomic E-state index is 11.1. The van der Waals surface area contributed by atoms with E-state index in [1.54, 1.807) is 0 Å². The molecule has 1 nitrogen and oxygen atoms in total. The Balaban J connectivity index is 2.56. The number of halogens is 1. The predicted molar refractivity (Wildman–Crippen MR) is 47.1 cm³/mol. The summed E-state index contributed by atoms with van der Waals surface area (Å²) in [5, 5.41) is 0.0287. The van der Waals surface area contributed by atoms with E-state index in [-0.39, 0.29) is 11.3 Å². The second-order valence-electron chi connectivity index (χ2n) is 3.22. The number of carbonyl (C=O) groups is 1. The zero-order valence-electron chi connectivity index (χ0n) is 6.72. The predicted octanol–water partition coefficient (Wildman–Crippen LogP) is 1.80. The van der Waals surface area contributed by atoms with Crippen molar-refractivity contribution in [2.45, 2.75) is 31.5 Å². The van der Waals surface area contributed by atoms with Gasteiger partial charge in [-0.15, -0.1) is 11.6 Å². The van der Waals surface area contributed by atoms with Crippen molar-refractivity contribution in [3.8, 4) is 0 Å². The van der Waals surface area contributed by atoms with Crippen LogP contribution < -0.4 is 0 Å². The average Bonchev–Trinajstić information content (AvgIpc) is 2.17. The number of alkyl halides is 1. The molecule has 0 heterocycles. The number of rotatable bonds is 2. The zero-order valence-corrected chi connectivity index (χ0v) is 7.47. The molecule has 0 N–H and O–H groups in total. The van der Waals surface area contributed by atoms with Crippen molar-refractivity contribution in [1.82, 2.24) is 0 Å². The molecule has 0 spiro atoms. The van der Waals surface area contributed by atoms with Gasteiger partial charge in [0, 0.05) is 17.7 Å². The minimum atomic E-state index is 0.0287. The molecule has 2 radical (unpaired) electrons. The van der Waals surface area contributed by atoms with Gasteiger partial charge in [0.15, 0.2) is 0 Å². The smallest absolute Gasteiger partial charge is 0.137 e. The zero-order chi connectivity index (χ0) is 8.43. The number of ketones is 1. The quantitative estimate of drug-likeness (QED) is 0.456. The van der Waals surface area contributed by atoms with Crippen LogP contribution in [0.1, 0.15) is 19.8 Å². The molecular weight excluding hydrogens is 158 g/mol. The van der Waals surface area contributed by atoms with Crippen LogP contribution in [0, 0.1) is 11.8 Å². The molecule has 0 aliphatic heterocycles. The van der Waals surface area contributed by atoms with Gasteiger partial charge in [0.25, 0.3) is 0 Å². The molecule has 0 aromatic rings. The fraction of sp³-hybridized carbons (Fsp3) is 0.875. The Labute approximate surface area is 73.9 Å². The van der Waals surface area contributed by atoms with Crippen molar-refractivity contribution < 1.29 is 4.79 Å². The Kier molecular flexibility index (Phi) is 3.00. The monoisotopic (exact) mass is 170 g/mol. The first-order valence-corrected chi connectivity index (χ1v) is 4.47. The molecule has 3 unspecified atom stereocenters. The van der Waals surface area contributed by atoms with Gasteiger partial charge >= 0.3 is 0 Å². The van der Waals surface area contributed by atoms with E-state index in [4.69, 9.17) is 19.4 Å². The van der Waals surface area contributed by atoms with Gasteiger partial charge in [-0.2, -0.15) is 0 Å². The fourth-order valence-electron chi connectivity index (χ4n) is 1.70. The van der Waals surface area contributed by atoms with Crippen LogP contribution in [0.3, 0.4) is 0 Å². The summed E-state index contributed by atoms with van der Waals surface area (Å²) in [6, 6.07) is 0. The van der Waals surface area contributed by atoms with Gasteiger partial charge in [0.05, 0.1) is 7.85 Å². The normalized spacial score (nSPS) is 38.0. The van der Waals surface area contributed by atoms with Crippen molar-refractivity contribution in [3.05, 3.63) is 0 Å². The molecule has 0 amide bonds. The highest BCUT2D eigenvalue weighted by atomic mass is 35.5. The molecule has 11 heavy (non-hydrogen) atoms. The molecule has 1 aliphatic carbocycles. The summed E-state index contributed by atoms with van der Waals surface area (Å²) in [6.45, 7) is 1.95. The van der Waals surface area contributed by atoms with Crippen LogP contribution in [0.5, 0.6) is 0 Å². The van der Waals surface area contributed by atoms with Crippen molar-refractivity contribution in [3.63, 3.8) is 0 Å². The van der Waals surface area contributed by atoms with Crippen LogP contribution in [0.25, 0.3) is 0 Å². The third-order valence-corrected chi connectivity index (χ3v) is 2.99. The Morgan fingerprint density at radius 1 is 1.73 bits per heavy atom. The van der Waals surface area contributed by atoms with Crippen LogP contribution in [-0.4, -0.2) is 19.0 Å². The van der Waals surface area contributed by atoms with Crippen LogP contribution in [0.15, 0.2) is 0 Å². The molecule has 3 atom stereocenters. The maximum Gasteiger partial charge on any atom is 0.137 e.